The van der Waals surface area contributed by atoms with Crippen LogP contribution in [0.5, 0.6) is 17.2 Å². The zero-order valence-corrected chi connectivity index (χ0v) is 49.1. The van der Waals surface area contributed by atoms with Gasteiger partial charge in [0.15, 0.2) is 19.8 Å². The second-order valence-corrected chi connectivity index (χ2v) is 18.9. The van der Waals surface area contributed by atoms with E-state index in [4.69, 9.17) is 28.4 Å². The van der Waals surface area contributed by atoms with Crippen LogP contribution in [0.1, 0.15) is 106 Å². The van der Waals surface area contributed by atoms with Crippen molar-refractivity contribution in [1.82, 2.24) is 14.7 Å². The van der Waals surface area contributed by atoms with Gasteiger partial charge in [-0.3, -0.25) is 28.8 Å². The summed E-state index contributed by atoms with van der Waals surface area (Å²) in [7, 11) is 0. The fourth-order valence-corrected chi connectivity index (χ4v) is 9.25. The topological polar surface area (TPSA) is 204 Å². The van der Waals surface area contributed by atoms with Gasteiger partial charge in [0.25, 0.3) is 35.4 Å². The summed E-state index contributed by atoms with van der Waals surface area (Å²) in [5, 5.41) is 8.88. The van der Waals surface area contributed by atoms with E-state index in [1.807, 2.05) is 59.7 Å². The Balaban J connectivity index is 0.00000631. The van der Waals surface area contributed by atoms with E-state index in [0.717, 1.165) is 0 Å². The summed E-state index contributed by atoms with van der Waals surface area (Å²) in [4.78, 5) is 88.7. The summed E-state index contributed by atoms with van der Waals surface area (Å²) in [5.41, 5.74) is 4.56. The number of nitrogens with one attached hydrogen (secondary N) is 3. The van der Waals surface area contributed by atoms with Crippen LogP contribution >= 0.6 is 0 Å². The first-order valence-corrected chi connectivity index (χ1v) is 27.4. The number of carbonyl (C=O) groups excluding carboxylic acids is 6. The molecule has 7 rings (SSSR count). The fourth-order valence-electron chi connectivity index (χ4n) is 9.25. The standard InChI is InChI=1S/C63H72N6O12.ClH.Li/c1-7-67(8-2)55(70)40-79-58-46-28-43(61(73)64-52-22-16-13-17-23-52)29-47(58)35-77-37-49-31-45(63(75)66-54-26-20-15-21-27-54)33-51(60(49)81-42-57(72)69(11-5)12-6)39-78-38-50-32-44(62(74)65-53-24-18-14-19-25-53)30-48(36-76-34-46)59(50)80-41-56(71)68(9-3)10-4;;/h13-33H,7-12,34-42H2,1-6H3,(H,64,73)(H,65,74)(H,66,75);1H;/q;;+1/p-1. The van der Waals surface area contributed by atoms with Crippen LogP contribution in [-0.2, 0) is 68.2 Å². The number of anilines is 3. The maximum atomic E-state index is 14.3. The summed E-state index contributed by atoms with van der Waals surface area (Å²) in [6.07, 6.45) is 0. The Morgan fingerprint density at radius 3 is 0.771 bits per heavy atom. The molecule has 0 atom stereocenters. The fraction of sp³-hybridized carbons (Fsp3) is 0.333. The van der Waals surface area contributed by atoms with E-state index < -0.39 is 17.7 Å². The van der Waals surface area contributed by atoms with Crippen molar-refractivity contribution in [3.05, 3.63) is 177 Å². The van der Waals surface area contributed by atoms with Crippen molar-refractivity contribution < 1.29 is 88.5 Å². The Labute approximate surface area is 504 Å². The monoisotopic (exact) mass is 1150 g/mol. The molecule has 0 saturated heterocycles. The first-order chi connectivity index (χ1) is 39.4. The van der Waals surface area contributed by atoms with Crippen molar-refractivity contribution in [1.29, 1.82) is 0 Å². The summed E-state index contributed by atoms with van der Waals surface area (Å²) < 4.78 is 39.1. The van der Waals surface area contributed by atoms with Gasteiger partial charge in [-0.1, -0.05) is 54.6 Å². The maximum Gasteiger partial charge on any atom is 1.00 e. The third kappa shape index (κ3) is 18.4. The van der Waals surface area contributed by atoms with Crippen molar-refractivity contribution in [3.8, 4) is 17.2 Å². The van der Waals surface area contributed by atoms with Gasteiger partial charge in [-0.15, -0.1) is 0 Å². The van der Waals surface area contributed by atoms with Crippen LogP contribution in [0.2, 0.25) is 0 Å². The first-order valence-electron chi connectivity index (χ1n) is 27.4. The van der Waals surface area contributed by atoms with Gasteiger partial charge in [0.05, 0.1) is 39.6 Å². The minimum Gasteiger partial charge on any atom is -1.00 e. The van der Waals surface area contributed by atoms with Crippen molar-refractivity contribution in [2.75, 3.05) is 75.0 Å². The SMILES string of the molecule is CCN(CC)C(=O)COc1c2cc(C(=O)Nc3ccccc3)cc1COCc1cc(C(=O)Nc3ccccc3)cc(c1OCC(=O)N(CC)CC)COCc1cc(C(=O)Nc3ccccc3)cc(c1OCC(=O)N(CC)CC)COC2.[Cl-].[Li+]. The zero-order valence-electron chi connectivity index (χ0n) is 48.3. The molecule has 6 aromatic carbocycles. The molecule has 1 heterocycles. The second kappa shape index (κ2) is 33.4. The third-order valence-electron chi connectivity index (χ3n) is 13.5. The summed E-state index contributed by atoms with van der Waals surface area (Å²) in [6.45, 7) is 11.6. The number of fused-ring (bicyclic) bond motifs is 6. The van der Waals surface area contributed by atoms with Crippen molar-refractivity contribution in [2.45, 2.75) is 81.2 Å². The molecule has 3 N–H and O–H groups in total. The van der Waals surface area contributed by atoms with Gasteiger partial charge in [-0.05, 0) is 114 Å². The molecule has 20 heteroatoms. The molecule has 1 aliphatic heterocycles. The van der Waals surface area contributed by atoms with E-state index in [9.17, 15) is 28.8 Å². The molecular weight excluding hydrogens is 1080 g/mol. The van der Waals surface area contributed by atoms with Crippen LogP contribution in [0.25, 0.3) is 0 Å². The molecular formula is C63H72ClLiN6O12. The molecule has 0 aliphatic carbocycles. The van der Waals surface area contributed by atoms with Gasteiger partial charge < -0.3 is 71.5 Å². The van der Waals surface area contributed by atoms with Gasteiger partial charge in [-0.25, -0.2) is 0 Å². The molecule has 0 aromatic heterocycles. The van der Waals surface area contributed by atoms with Crippen LogP contribution in [0, 0.1) is 0 Å². The molecule has 0 fully saturated rings. The van der Waals surface area contributed by atoms with E-state index in [-0.39, 0.29) is 142 Å². The molecule has 0 saturated carbocycles. The molecule has 83 heavy (non-hydrogen) atoms. The van der Waals surface area contributed by atoms with Crippen LogP contribution in [0.3, 0.4) is 0 Å². The zero-order chi connectivity index (χ0) is 57.7. The number of hydrogen-bond acceptors (Lipinski definition) is 12. The smallest absolute Gasteiger partial charge is 1.00 e. The number of para-hydroxylation sites is 3. The number of rotatable bonds is 21. The number of halogens is 1. The maximum absolute atomic E-state index is 14.3. The Hall–Kier alpha value is -7.69. The van der Waals surface area contributed by atoms with Crippen LogP contribution in [0.15, 0.2) is 127 Å². The minimum absolute atomic E-state index is 0. The number of likely N-dealkylation sites (N-methyl/N-ethyl adjacent to an activating group) is 3. The van der Waals surface area contributed by atoms with Gasteiger partial charge in [0.2, 0.25) is 0 Å². The molecule has 0 unspecified atom stereocenters. The van der Waals surface area contributed by atoms with E-state index in [1.165, 1.54) is 0 Å². The van der Waals surface area contributed by atoms with Gasteiger partial charge in [0, 0.05) is 106 Å². The second-order valence-electron chi connectivity index (χ2n) is 18.9. The average Bonchev–Trinajstić information content (AvgIpc) is 3.54. The Kier molecular flexibility index (Phi) is 26.6. The van der Waals surface area contributed by atoms with E-state index >= 15 is 0 Å². The van der Waals surface area contributed by atoms with Crippen molar-refractivity contribution >= 4 is 52.5 Å². The van der Waals surface area contributed by atoms with E-state index in [1.54, 1.807) is 124 Å². The van der Waals surface area contributed by atoms with Gasteiger partial charge >= 0.3 is 18.9 Å². The van der Waals surface area contributed by atoms with Crippen LogP contribution < -0.4 is 61.4 Å². The first kappa shape index (κ1) is 66.1. The molecule has 6 aromatic rings. The quantitative estimate of drug-likeness (QED) is 0.0885. The Morgan fingerprint density at radius 1 is 0.373 bits per heavy atom. The molecule has 6 amide bonds. The molecule has 434 valence electrons. The van der Waals surface area contributed by atoms with E-state index in [0.29, 0.717) is 89.7 Å². The van der Waals surface area contributed by atoms with Crippen LogP contribution in [0.4, 0.5) is 17.1 Å². The summed E-state index contributed by atoms with van der Waals surface area (Å²) in [5.74, 6) is -1.54. The van der Waals surface area contributed by atoms with Gasteiger partial charge in [-0.2, -0.15) is 0 Å². The van der Waals surface area contributed by atoms with E-state index in [2.05, 4.69) is 16.0 Å². The molecule has 6 bridgehead atoms. The summed E-state index contributed by atoms with van der Waals surface area (Å²) >= 11 is 0. The minimum atomic E-state index is -0.456. The number of ether oxygens (including phenoxy) is 6. The number of nitrogens with zero attached hydrogens (tertiary/aromatic N) is 3. The predicted octanol–water partition coefficient (Wildman–Crippen LogP) is 3.66. The number of benzene rings is 6. The van der Waals surface area contributed by atoms with Crippen LogP contribution in [-0.4, -0.2) is 109 Å². The Morgan fingerprint density at radius 2 is 0.578 bits per heavy atom. The average molecular weight is 1150 g/mol. The molecule has 0 radical (unpaired) electrons. The third-order valence-corrected chi connectivity index (χ3v) is 13.5. The number of carbonyl (C=O) groups is 6. The normalized spacial score (nSPS) is 12.1. The number of amides is 6. The molecule has 1 aliphatic rings. The van der Waals surface area contributed by atoms with Gasteiger partial charge in [0.1, 0.15) is 17.2 Å². The molecule has 18 nitrogen and oxygen atoms in total. The van der Waals surface area contributed by atoms with Crippen molar-refractivity contribution in [3.63, 3.8) is 0 Å². The summed E-state index contributed by atoms with van der Waals surface area (Å²) in [6, 6.07) is 36.6. The largest absolute Gasteiger partial charge is 1.00 e. The predicted molar refractivity (Wildman–Crippen MR) is 308 cm³/mol. The number of hydrogen-bond donors (Lipinski definition) is 3. The Bertz CT molecular complexity index is 2720. The molecule has 0 spiro atoms. The van der Waals surface area contributed by atoms with Crippen molar-refractivity contribution in [2.24, 2.45) is 0 Å².